The van der Waals surface area contributed by atoms with Crippen LogP contribution >= 0.6 is 12.4 Å². The molecule has 1 amide bonds. The quantitative estimate of drug-likeness (QED) is 0.819. The van der Waals surface area contributed by atoms with Crippen molar-refractivity contribution in [1.29, 1.82) is 0 Å². The second-order valence-electron chi connectivity index (χ2n) is 8.49. The Labute approximate surface area is 174 Å². The molecule has 3 aliphatic rings. The number of carbonyl (C=O) groups excluding carboxylic acids is 1. The summed E-state index contributed by atoms with van der Waals surface area (Å²) in [4.78, 5) is 15.6. The van der Waals surface area contributed by atoms with Crippen molar-refractivity contribution in [2.45, 2.75) is 57.0 Å². The molecule has 0 spiro atoms. The zero-order valence-electron chi connectivity index (χ0n) is 16.9. The highest BCUT2D eigenvalue weighted by Crippen LogP contribution is 2.45. The van der Waals surface area contributed by atoms with Gasteiger partial charge in [0.25, 0.3) is 0 Å². The van der Waals surface area contributed by atoms with Gasteiger partial charge >= 0.3 is 0 Å². The SMILES string of the molecule is COc1ccc(C2CCCN2C(=O)C2CC3CCCC(C2)C3N)c(OC)c1.Cl. The van der Waals surface area contributed by atoms with Crippen molar-refractivity contribution in [3.05, 3.63) is 23.8 Å². The zero-order valence-corrected chi connectivity index (χ0v) is 17.7. The Morgan fingerprint density at radius 1 is 1.07 bits per heavy atom. The van der Waals surface area contributed by atoms with Crippen molar-refractivity contribution in [1.82, 2.24) is 4.90 Å². The third-order valence-electron chi connectivity index (χ3n) is 7.10. The first-order valence-corrected chi connectivity index (χ1v) is 10.4. The molecule has 1 heterocycles. The molecule has 1 saturated heterocycles. The monoisotopic (exact) mass is 408 g/mol. The van der Waals surface area contributed by atoms with Crippen LogP contribution < -0.4 is 15.2 Å². The molecule has 3 fully saturated rings. The number of nitrogens with zero attached hydrogens (tertiary/aromatic N) is 1. The number of nitrogens with two attached hydrogens (primary N) is 1. The molecule has 5 nitrogen and oxygen atoms in total. The maximum Gasteiger partial charge on any atom is 0.226 e. The third kappa shape index (κ3) is 3.84. The van der Waals surface area contributed by atoms with Gasteiger partial charge in [0.2, 0.25) is 5.91 Å². The minimum atomic E-state index is 0. The Morgan fingerprint density at radius 2 is 1.79 bits per heavy atom. The fourth-order valence-corrected chi connectivity index (χ4v) is 5.67. The summed E-state index contributed by atoms with van der Waals surface area (Å²) in [5.74, 6) is 3.12. The lowest BCUT2D eigenvalue weighted by atomic mass is 9.65. The van der Waals surface area contributed by atoms with E-state index >= 15 is 0 Å². The first-order valence-electron chi connectivity index (χ1n) is 10.4. The molecule has 2 saturated carbocycles. The van der Waals surface area contributed by atoms with E-state index < -0.39 is 0 Å². The summed E-state index contributed by atoms with van der Waals surface area (Å²) in [5.41, 5.74) is 7.52. The van der Waals surface area contributed by atoms with Crippen LogP contribution in [0.1, 0.15) is 56.6 Å². The van der Waals surface area contributed by atoms with Gasteiger partial charge in [0.15, 0.2) is 0 Å². The first-order chi connectivity index (χ1) is 13.1. The Hall–Kier alpha value is -1.46. The lowest BCUT2D eigenvalue weighted by Gasteiger charge is -2.44. The van der Waals surface area contributed by atoms with Crippen LogP contribution in [0.15, 0.2) is 18.2 Å². The van der Waals surface area contributed by atoms with Crippen LogP contribution in [0, 0.1) is 17.8 Å². The van der Waals surface area contributed by atoms with Gasteiger partial charge < -0.3 is 20.1 Å². The fourth-order valence-electron chi connectivity index (χ4n) is 5.67. The number of amides is 1. The molecule has 3 atom stereocenters. The third-order valence-corrected chi connectivity index (χ3v) is 7.10. The summed E-state index contributed by atoms with van der Waals surface area (Å²) in [6, 6.07) is 6.34. The van der Waals surface area contributed by atoms with E-state index in [2.05, 4.69) is 11.0 Å². The standard InChI is InChI=1S/C22H32N2O3.ClH/c1-26-17-8-9-18(20(13-17)27-2)19-7-4-10-24(19)22(25)16-11-14-5-3-6-15(12-16)21(14)23;/h8-9,13-16,19,21H,3-7,10-12,23H2,1-2H3;1H. The van der Waals surface area contributed by atoms with Crippen LogP contribution in [-0.4, -0.2) is 37.6 Å². The van der Waals surface area contributed by atoms with Crippen LogP contribution in [0.3, 0.4) is 0 Å². The van der Waals surface area contributed by atoms with E-state index in [4.69, 9.17) is 15.2 Å². The molecule has 1 aromatic carbocycles. The van der Waals surface area contributed by atoms with Gasteiger partial charge in [0, 0.05) is 30.1 Å². The van der Waals surface area contributed by atoms with Crippen LogP contribution in [0.5, 0.6) is 11.5 Å². The molecule has 2 bridgehead atoms. The van der Waals surface area contributed by atoms with Gasteiger partial charge in [-0.05, 0) is 62.5 Å². The smallest absolute Gasteiger partial charge is 0.226 e. The average Bonchev–Trinajstić information content (AvgIpc) is 3.16. The second kappa shape index (κ2) is 8.91. The number of hydrogen-bond donors (Lipinski definition) is 1. The van der Waals surface area contributed by atoms with Crippen molar-refractivity contribution in [3.8, 4) is 11.5 Å². The summed E-state index contributed by atoms with van der Waals surface area (Å²) in [6.07, 6.45) is 7.64. The number of benzene rings is 1. The van der Waals surface area contributed by atoms with Gasteiger partial charge in [-0.15, -0.1) is 12.4 Å². The summed E-state index contributed by atoms with van der Waals surface area (Å²) in [5, 5.41) is 0. The molecular weight excluding hydrogens is 376 g/mol. The van der Waals surface area contributed by atoms with Crippen molar-refractivity contribution in [2.24, 2.45) is 23.5 Å². The molecule has 2 aliphatic carbocycles. The molecule has 0 aromatic heterocycles. The van der Waals surface area contributed by atoms with E-state index in [0.717, 1.165) is 49.3 Å². The van der Waals surface area contributed by atoms with E-state index in [9.17, 15) is 4.79 Å². The lowest BCUT2D eigenvalue weighted by molar-refractivity contribution is -0.139. The topological polar surface area (TPSA) is 64.8 Å². The number of rotatable bonds is 4. The molecule has 3 unspecified atom stereocenters. The minimum Gasteiger partial charge on any atom is -0.497 e. The lowest BCUT2D eigenvalue weighted by Crippen LogP contribution is -2.49. The normalized spacial score (nSPS) is 31.8. The van der Waals surface area contributed by atoms with E-state index in [1.165, 1.54) is 19.3 Å². The number of ether oxygens (including phenoxy) is 2. The van der Waals surface area contributed by atoms with E-state index in [1.54, 1.807) is 14.2 Å². The highest BCUT2D eigenvalue weighted by Gasteiger charge is 2.43. The van der Waals surface area contributed by atoms with E-state index in [-0.39, 0.29) is 24.4 Å². The molecule has 2 N–H and O–H groups in total. The first kappa shape index (κ1) is 21.3. The Kier molecular flexibility index (Phi) is 6.77. The van der Waals surface area contributed by atoms with Crippen molar-refractivity contribution in [2.75, 3.05) is 20.8 Å². The maximum atomic E-state index is 13.5. The van der Waals surface area contributed by atoms with Crippen LogP contribution in [0.2, 0.25) is 0 Å². The zero-order chi connectivity index (χ0) is 19.0. The molecule has 4 rings (SSSR count). The molecule has 0 radical (unpaired) electrons. The number of fused-ring (bicyclic) bond motifs is 2. The van der Waals surface area contributed by atoms with Gasteiger partial charge in [0.1, 0.15) is 11.5 Å². The molecule has 6 heteroatoms. The highest BCUT2D eigenvalue weighted by molar-refractivity contribution is 5.85. The Balaban J connectivity index is 0.00000225. The summed E-state index contributed by atoms with van der Waals surface area (Å²) < 4.78 is 10.9. The van der Waals surface area contributed by atoms with Crippen LogP contribution in [-0.2, 0) is 4.79 Å². The van der Waals surface area contributed by atoms with Crippen molar-refractivity contribution in [3.63, 3.8) is 0 Å². The Bertz CT molecular complexity index is 684. The summed E-state index contributed by atoms with van der Waals surface area (Å²) >= 11 is 0. The predicted molar refractivity (Wildman–Crippen MR) is 112 cm³/mol. The number of likely N-dealkylation sites (tertiary alicyclic amines) is 1. The van der Waals surface area contributed by atoms with Crippen LogP contribution in [0.4, 0.5) is 0 Å². The van der Waals surface area contributed by atoms with Gasteiger partial charge in [-0.25, -0.2) is 0 Å². The molecular formula is C22H33ClN2O3. The van der Waals surface area contributed by atoms with Gasteiger partial charge in [-0.1, -0.05) is 6.42 Å². The van der Waals surface area contributed by atoms with E-state index in [1.807, 2.05) is 12.1 Å². The average molecular weight is 409 g/mol. The predicted octanol–water partition coefficient (Wildman–Crippen LogP) is 3.94. The van der Waals surface area contributed by atoms with Crippen molar-refractivity contribution >= 4 is 18.3 Å². The molecule has 156 valence electrons. The van der Waals surface area contributed by atoms with Gasteiger partial charge in [-0.2, -0.15) is 0 Å². The fraction of sp³-hybridized carbons (Fsp3) is 0.682. The largest absolute Gasteiger partial charge is 0.497 e. The van der Waals surface area contributed by atoms with E-state index in [0.29, 0.717) is 23.8 Å². The van der Waals surface area contributed by atoms with Gasteiger partial charge in [-0.3, -0.25) is 4.79 Å². The summed E-state index contributed by atoms with van der Waals surface area (Å²) in [7, 11) is 3.34. The van der Waals surface area contributed by atoms with Crippen molar-refractivity contribution < 1.29 is 14.3 Å². The Morgan fingerprint density at radius 3 is 2.43 bits per heavy atom. The minimum absolute atomic E-state index is 0. The molecule has 28 heavy (non-hydrogen) atoms. The maximum absolute atomic E-state index is 13.5. The number of carbonyl (C=O) groups is 1. The number of hydrogen-bond acceptors (Lipinski definition) is 4. The molecule has 1 aliphatic heterocycles. The number of methoxy groups -OCH3 is 2. The second-order valence-corrected chi connectivity index (χ2v) is 8.49. The number of halogens is 1. The van der Waals surface area contributed by atoms with Gasteiger partial charge in [0.05, 0.1) is 20.3 Å². The summed E-state index contributed by atoms with van der Waals surface area (Å²) in [6.45, 7) is 0.844. The molecule has 1 aromatic rings. The highest BCUT2D eigenvalue weighted by atomic mass is 35.5. The van der Waals surface area contributed by atoms with Crippen LogP contribution in [0.25, 0.3) is 0 Å².